The van der Waals surface area contributed by atoms with Crippen LogP contribution in [-0.2, 0) is 14.3 Å². The van der Waals surface area contributed by atoms with Crippen molar-refractivity contribution in [3.63, 3.8) is 0 Å². The van der Waals surface area contributed by atoms with Gasteiger partial charge in [0.2, 0.25) is 5.12 Å². The Hall–Kier alpha value is -2.07. The third kappa shape index (κ3) is 2.92. The Labute approximate surface area is 135 Å². The maximum Gasteiger partial charge on any atom is 0.220 e. The molecule has 0 bridgehead atoms. The van der Waals surface area contributed by atoms with Gasteiger partial charge in [-0.15, -0.1) is 0 Å². The van der Waals surface area contributed by atoms with Crippen molar-refractivity contribution >= 4 is 22.7 Å². The molecule has 3 nitrogen and oxygen atoms in total. The normalized spacial score (nSPS) is 27.0. The van der Waals surface area contributed by atoms with Gasteiger partial charge in [-0.3, -0.25) is 9.59 Å². The minimum atomic E-state index is -0.142. The summed E-state index contributed by atoms with van der Waals surface area (Å²) in [6.07, 6.45) is 3.72. The lowest BCUT2D eigenvalue weighted by molar-refractivity contribution is -0.116. The van der Waals surface area contributed by atoms with E-state index in [0.717, 1.165) is 17.3 Å². The predicted octanol–water partition coefficient (Wildman–Crippen LogP) is 4.20. The molecule has 0 amide bonds. The van der Waals surface area contributed by atoms with E-state index in [-0.39, 0.29) is 30.8 Å². The highest BCUT2D eigenvalue weighted by atomic mass is 32.2. The summed E-state index contributed by atoms with van der Waals surface area (Å²) >= 11 is 0.940. The second-order valence-electron chi connectivity index (χ2n) is 5.48. The molecular weight excluding hydrogens is 296 g/mol. The number of hydrogen-bond acceptors (Lipinski definition) is 4. The van der Waals surface area contributed by atoms with Crippen LogP contribution in [0.15, 0.2) is 65.3 Å². The number of carbonyl (C=O) groups is 2. The van der Waals surface area contributed by atoms with Crippen LogP contribution in [0.25, 0.3) is 0 Å². The summed E-state index contributed by atoms with van der Waals surface area (Å²) in [6, 6.07) is 9.98. The molecule has 3 rings (SSSR count). The molecule has 22 heavy (non-hydrogen) atoms. The number of rotatable bonds is 2. The van der Waals surface area contributed by atoms with Crippen LogP contribution in [-0.4, -0.2) is 10.9 Å². The molecule has 0 spiro atoms. The number of benzene rings is 1. The lowest BCUT2D eigenvalue weighted by Gasteiger charge is -2.17. The van der Waals surface area contributed by atoms with Crippen molar-refractivity contribution in [1.29, 1.82) is 0 Å². The first-order chi connectivity index (χ1) is 10.5. The zero-order chi connectivity index (χ0) is 15.7. The monoisotopic (exact) mass is 314 g/mol. The van der Waals surface area contributed by atoms with Crippen LogP contribution in [0.3, 0.4) is 0 Å². The highest BCUT2D eigenvalue weighted by Crippen LogP contribution is 2.38. The molecule has 1 saturated heterocycles. The molecule has 0 aromatic heterocycles. The lowest BCUT2D eigenvalue weighted by Crippen LogP contribution is -2.14. The number of hydrogen-bond donors (Lipinski definition) is 0. The van der Waals surface area contributed by atoms with Crippen LogP contribution in [0, 0.1) is 5.92 Å². The lowest BCUT2D eigenvalue weighted by atomic mass is 9.99. The van der Waals surface area contributed by atoms with Gasteiger partial charge in [0.15, 0.2) is 5.78 Å². The van der Waals surface area contributed by atoms with Crippen LogP contribution in [0.4, 0.5) is 0 Å². The van der Waals surface area contributed by atoms with Gasteiger partial charge in [0.1, 0.15) is 11.9 Å². The average Bonchev–Trinajstić information content (AvgIpc) is 2.86. The van der Waals surface area contributed by atoms with Gasteiger partial charge < -0.3 is 4.74 Å². The Morgan fingerprint density at radius 3 is 2.77 bits per heavy atom. The molecule has 2 atom stereocenters. The summed E-state index contributed by atoms with van der Waals surface area (Å²) in [5.41, 5.74) is 1.47. The third-order valence-electron chi connectivity index (χ3n) is 3.71. The van der Waals surface area contributed by atoms with Gasteiger partial charge in [0.25, 0.3) is 0 Å². The number of ether oxygens (including phenoxy) is 1. The van der Waals surface area contributed by atoms with E-state index in [1.54, 1.807) is 6.08 Å². The first-order valence-electron chi connectivity index (χ1n) is 7.13. The molecule has 4 heteroatoms. The Morgan fingerprint density at radius 2 is 2.05 bits per heavy atom. The van der Waals surface area contributed by atoms with Crippen molar-refractivity contribution in [3.8, 4) is 0 Å². The summed E-state index contributed by atoms with van der Waals surface area (Å²) in [7, 11) is 0. The maximum absolute atomic E-state index is 12.0. The van der Waals surface area contributed by atoms with Crippen LogP contribution in [0.2, 0.25) is 0 Å². The summed E-state index contributed by atoms with van der Waals surface area (Å²) in [6.45, 7) is 5.69. The minimum Gasteiger partial charge on any atom is -0.485 e. The van der Waals surface area contributed by atoms with E-state index < -0.39 is 0 Å². The highest BCUT2D eigenvalue weighted by Gasteiger charge is 2.29. The fraction of sp³-hybridized carbons (Fsp3) is 0.222. The standard InChI is InChI=1S/C18H16O3S.H2/c1-11-8-14(21-17(11)13-6-4-3-5-7-13)10-16-15(19)9-12(2)18(20)22-16;/h3-8,10-11,17H,2,9H2,1H3;1H/b16-10-;. The highest BCUT2D eigenvalue weighted by molar-refractivity contribution is 8.18. The SMILES string of the molecule is C=C1CC(=O)/C(=C/C2=CC(C)C(c3ccccc3)O2)SC1=O.[HH]. The molecule has 0 saturated carbocycles. The predicted molar refractivity (Wildman–Crippen MR) is 89.1 cm³/mol. The van der Waals surface area contributed by atoms with Gasteiger partial charge in [-0.25, -0.2) is 0 Å². The quantitative estimate of drug-likeness (QED) is 0.768. The first-order valence-corrected chi connectivity index (χ1v) is 7.94. The number of ketones is 1. The van der Waals surface area contributed by atoms with Gasteiger partial charge in [0, 0.05) is 19.3 Å². The van der Waals surface area contributed by atoms with E-state index in [1.165, 1.54) is 0 Å². The van der Waals surface area contributed by atoms with Gasteiger partial charge in [-0.05, 0) is 29.5 Å². The molecule has 0 N–H and O–H groups in total. The van der Waals surface area contributed by atoms with Crippen molar-refractivity contribution in [1.82, 2.24) is 0 Å². The van der Waals surface area contributed by atoms with E-state index in [9.17, 15) is 9.59 Å². The summed E-state index contributed by atoms with van der Waals surface area (Å²) in [4.78, 5) is 24.1. The first kappa shape index (κ1) is 14.9. The van der Waals surface area contributed by atoms with E-state index in [1.807, 2.05) is 36.4 Å². The second-order valence-corrected chi connectivity index (χ2v) is 6.49. The number of thioether (sulfide) groups is 1. The van der Waals surface area contributed by atoms with Crippen molar-refractivity contribution in [2.75, 3.05) is 0 Å². The van der Waals surface area contributed by atoms with Crippen molar-refractivity contribution < 1.29 is 15.8 Å². The molecule has 0 aliphatic carbocycles. The molecule has 1 aromatic carbocycles. The van der Waals surface area contributed by atoms with Crippen molar-refractivity contribution in [3.05, 3.63) is 70.9 Å². The average molecular weight is 314 g/mol. The van der Waals surface area contributed by atoms with Crippen LogP contribution in [0.5, 0.6) is 0 Å². The third-order valence-corrected chi connectivity index (χ3v) is 4.75. The zero-order valence-electron chi connectivity index (χ0n) is 12.2. The molecule has 2 heterocycles. The van der Waals surface area contributed by atoms with Crippen LogP contribution in [0.1, 0.15) is 26.4 Å². The second kappa shape index (κ2) is 5.97. The van der Waals surface area contributed by atoms with Crippen LogP contribution >= 0.6 is 11.8 Å². The van der Waals surface area contributed by atoms with E-state index >= 15 is 0 Å². The maximum atomic E-state index is 12.0. The zero-order valence-corrected chi connectivity index (χ0v) is 13.1. The Balaban J connectivity index is 0.00000192. The molecule has 0 radical (unpaired) electrons. The fourth-order valence-corrected chi connectivity index (χ4v) is 3.33. The summed E-state index contributed by atoms with van der Waals surface area (Å²) in [5.74, 6) is 0.788. The molecule has 2 aliphatic rings. The summed E-state index contributed by atoms with van der Waals surface area (Å²) < 4.78 is 5.96. The summed E-state index contributed by atoms with van der Waals surface area (Å²) in [5, 5.41) is -0.142. The number of carbonyl (C=O) groups excluding carboxylic acids is 2. The molecule has 1 aromatic rings. The molecule has 1 fully saturated rings. The largest absolute Gasteiger partial charge is 0.485 e. The number of allylic oxidation sites excluding steroid dienone is 2. The van der Waals surface area contributed by atoms with Gasteiger partial charge >= 0.3 is 0 Å². The Morgan fingerprint density at radius 1 is 1.32 bits per heavy atom. The number of Topliss-reactive ketones (excluding diaryl/α,β-unsaturated/α-hetero) is 1. The van der Waals surface area contributed by atoms with Gasteiger partial charge in [0.05, 0.1) is 4.91 Å². The van der Waals surface area contributed by atoms with Gasteiger partial charge in [-0.1, -0.05) is 43.8 Å². The van der Waals surface area contributed by atoms with Crippen LogP contribution < -0.4 is 0 Å². The minimum absolute atomic E-state index is 0. The van der Waals surface area contributed by atoms with Gasteiger partial charge in [-0.2, -0.15) is 0 Å². The molecule has 114 valence electrons. The fourth-order valence-electron chi connectivity index (χ4n) is 2.56. The molecule has 2 aliphatic heterocycles. The molecular formula is C18H18O3S. The smallest absolute Gasteiger partial charge is 0.220 e. The van der Waals surface area contributed by atoms with Crippen molar-refractivity contribution in [2.24, 2.45) is 5.92 Å². The van der Waals surface area contributed by atoms with Crippen molar-refractivity contribution in [2.45, 2.75) is 19.4 Å². The van der Waals surface area contributed by atoms with E-state index in [0.29, 0.717) is 16.2 Å². The van der Waals surface area contributed by atoms with E-state index in [4.69, 9.17) is 4.74 Å². The Bertz CT molecular complexity index is 706. The van der Waals surface area contributed by atoms with E-state index in [2.05, 4.69) is 13.5 Å². The molecule has 2 unspecified atom stereocenters. The topological polar surface area (TPSA) is 43.4 Å². The Kier molecular flexibility index (Phi) is 4.03.